The number of thiophene rings is 1. The smallest absolute Gasteiger partial charge is 0.124 e. The van der Waals surface area contributed by atoms with Crippen molar-refractivity contribution in [1.82, 2.24) is 0 Å². The average molecular weight is 296 g/mol. The van der Waals surface area contributed by atoms with Crippen LogP contribution in [0.2, 0.25) is 9.36 Å². The van der Waals surface area contributed by atoms with E-state index in [2.05, 4.69) is 0 Å². The molecule has 1 atom stereocenters. The summed E-state index contributed by atoms with van der Waals surface area (Å²) in [6.45, 7) is 0. The first-order chi connectivity index (χ1) is 7.58. The van der Waals surface area contributed by atoms with Crippen LogP contribution >= 0.6 is 46.1 Å². The van der Waals surface area contributed by atoms with Crippen molar-refractivity contribution in [2.75, 3.05) is 0 Å². The van der Waals surface area contributed by atoms with Gasteiger partial charge in [-0.05, 0) is 29.8 Å². The molecule has 2 rings (SSSR count). The van der Waals surface area contributed by atoms with Gasteiger partial charge in [0.15, 0.2) is 0 Å². The molecule has 0 amide bonds. The molecule has 2 aromatic rings. The summed E-state index contributed by atoms with van der Waals surface area (Å²) in [6.07, 6.45) is 0. The van der Waals surface area contributed by atoms with Crippen molar-refractivity contribution in [1.29, 1.82) is 0 Å². The van der Waals surface area contributed by atoms with Crippen molar-refractivity contribution in [3.05, 3.63) is 55.9 Å². The summed E-state index contributed by atoms with van der Waals surface area (Å²) in [5.74, 6) is -0.373. The van der Waals surface area contributed by atoms with Crippen LogP contribution in [0.15, 0.2) is 30.3 Å². The van der Waals surface area contributed by atoms with E-state index in [1.165, 1.54) is 23.5 Å². The van der Waals surface area contributed by atoms with Gasteiger partial charge in [0.2, 0.25) is 0 Å². The normalized spacial score (nSPS) is 12.8. The number of hydrogen-bond donors (Lipinski definition) is 0. The highest BCUT2D eigenvalue weighted by molar-refractivity contribution is 7.16. The summed E-state index contributed by atoms with van der Waals surface area (Å²) in [5, 5.41) is -0.0740. The van der Waals surface area contributed by atoms with Crippen LogP contribution in [-0.2, 0) is 0 Å². The molecule has 84 valence electrons. The summed E-state index contributed by atoms with van der Waals surface area (Å²) < 4.78 is 13.5. The SMILES string of the molecule is Fc1ccc(C(Cl)c2ccc(Cl)s2)c(Cl)c1. The molecule has 1 unspecified atom stereocenters. The number of hydrogen-bond acceptors (Lipinski definition) is 1. The van der Waals surface area contributed by atoms with E-state index in [0.717, 1.165) is 4.88 Å². The van der Waals surface area contributed by atoms with Crippen molar-refractivity contribution in [3.63, 3.8) is 0 Å². The first kappa shape index (κ1) is 12.2. The first-order valence-electron chi connectivity index (χ1n) is 4.42. The Morgan fingerprint density at radius 3 is 2.44 bits per heavy atom. The van der Waals surface area contributed by atoms with Gasteiger partial charge in [0, 0.05) is 9.90 Å². The summed E-state index contributed by atoms with van der Waals surface area (Å²) in [4.78, 5) is 0.889. The molecule has 0 aliphatic carbocycles. The maximum atomic E-state index is 12.9. The van der Waals surface area contributed by atoms with E-state index in [-0.39, 0.29) is 5.82 Å². The van der Waals surface area contributed by atoms with Crippen LogP contribution in [-0.4, -0.2) is 0 Å². The maximum Gasteiger partial charge on any atom is 0.124 e. The largest absolute Gasteiger partial charge is 0.207 e. The molecule has 5 heteroatoms. The third-order valence-corrected chi connectivity index (χ3v) is 4.30. The topological polar surface area (TPSA) is 0 Å². The second-order valence-electron chi connectivity index (χ2n) is 3.17. The zero-order valence-corrected chi connectivity index (χ0v) is 11.0. The number of alkyl halides is 1. The van der Waals surface area contributed by atoms with E-state index in [0.29, 0.717) is 14.9 Å². The van der Waals surface area contributed by atoms with Gasteiger partial charge in [-0.2, -0.15) is 0 Å². The van der Waals surface area contributed by atoms with Gasteiger partial charge in [0.05, 0.1) is 9.71 Å². The zero-order valence-electron chi connectivity index (χ0n) is 7.88. The van der Waals surface area contributed by atoms with Crippen LogP contribution in [0.4, 0.5) is 4.39 Å². The summed E-state index contributed by atoms with van der Waals surface area (Å²) in [6, 6.07) is 7.79. The Kier molecular flexibility index (Phi) is 3.75. The predicted molar refractivity (Wildman–Crippen MR) is 68.4 cm³/mol. The summed E-state index contributed by atoms with van der Waals surface area (Å²) in [7, 11) is 0. The molecular weight excluding hydrogens is 290 g/mol. The van der Waals surface area contributed by atoms with E-state index in [1.807, 2.05) is 6.07 Å². The molecule has 0 spiro atoms. The van der Waals surface area contributed by atoms with Gasteiger partial charge in [-0.15, -0.1) is 22.9 Å². The summed E-state index contributed by atoms with van der Waals surface area (Å²) >= 11 is 19.4. The molecule has 0 aliphatic heterocycles. The Labute approximate surface area is 112 Å². The highest BCUT2D eigenvalue weighted by atomic mass is 35.5. The fourth-order valence-electron chi connectivity index (χ4n) is 1.32. The highest BCUT2D eigenvalue weighted by Crippen LogP contribution is 2.38. The number of benzene rings is 1. The molecule has 0 saturated carbocycles. The van der Waals surface area contributed by atoms with Gasteiger partial charge in [-0.1, -0.05) is 29.3 Å². The number of rotatable bonds is 2. The Morgan fingerprint density at radius 2 is 1.88 bits per heavy atom. The third-order valence-electron chi connectivity index (χ3n) is 2.08. The van der Waals surface area contributed by atoms with Gasteiger partial charge in [-0.25, -0.2) is 4.39 Å². The third kappa shape index (κ3) is 2.51. The van der Waals surface area contributed by atoms with Crippen molar-refractivity contribution in [3.8, 4) is 0 Å². The quantitative estimate of drug-likeness (QED) is 0.640. The molecule has 1 aromatic carbocycles. The lowest BCUT2D eigenvalue weighted by molar-refractivity contribution is 0.627. The van der Waals surface area contributed by atoms with Crippen LogP contribution in [0.25, 0.3) is 0 Å². The molecule has 0 bridgehead atoms. The maximum absolute atomic E-state index is 12.9. The van der Waals surface area contributed by atoms with Crippen molar-refractivity contribution < 1.29 is 4.39 Å². The van der Waals surface area contributed by atoms with Crippen LogP contribution < -0.4 is 0 Å². The minimum Gasteiger partial charge on any atom is -0.207 e. The van der Waals surface area contributed by atoms with Gasteiger partial charge in [0.1, 0.15) is 5.82 Å². The molecule has 1 aromatic heterocycles. The van der Waals surface area contributed by atoms with E-state index >= 15 is 0 Å². The lowest BCUT2D eigenvalue weighted by Crippen LogP contribution is -1.92. The lowest BCUT2D eigenvalue weighted by Gasteiger charge is -2.09. The van der Waals surface area contributed by atoms with Crippen LogP contribution in [0.1, 0.15) is 15.8 Å². The fraction of sp³-hybridized carbons (Fsp3) is 0.0909. The molecular formula is C11H6Cl3FS. The van der Waals surface area contributed by atoms with E-state index < -0.39 is 5.38 Å². The molecule has 0 N–H and O–H groups in total. The zero-order chi connectivity index (χ0) is 11.7. The van der Waals surface area contributed by atoms with E-state index in [4.69, 9.17) is 34.8 Å². The molecule has 0 nitrogen and oxygen atoms in total. The van der Waals surface area contributed by atoms with Crippen LogP contribution in [0, 0.1) is 5.82 Å². The Bertz CT molecular complexity index is 510. The number of halogens is 4. The molecule has 0 saturated heterocycles. The second kappa shape index (κ2) is 4.92. The average Bonchev–Trinajstić information content (AvgIpc) is 2.64. The predicted octanol–water partition coefficient (Wildman–Crippen LogP) is 5.52. The molecule has 16 heavy (non-hydrogen) atoms. The minimum absolute atomic E-state index is 0.324. The molecule has 0 fully saturated rings. The first-order valence-corrected chi connectivity index (χ1v) is 6.43. The van der Waals surface area contributed by atoms with Gasteiger partial charge >= 0.3 is 0 Å². The molecule has 1 heterocycles. The Morgan fingerprint density at radius 1 is 1.12 bits per heavy atom. The van der Waals surface area contributed by atoms with Crippen molar-refractivity contribution >= 4 is 46.1 Å². The monoisotopic (exact) mass is 294 g/mol. The van der Waals surface area contributed by atoms with Gasteiger partial charge in [-0.3, -0.25) is 0 Å². The van der Waals surface area contributed by atoms with Crippen LogP contribution in [0.5, 0.6) is 0 Å². The van der Waals surface area contributed by atoms with Crippen LogP contribution in [0.3, 0.4) is 0 Å². The van der Waals surface area contributed by atoms with Gasteiger partial charge < -0.3 is 0 Å². The minimum atomic E-state index is -0.398. The highest BCUT2D eigenvalue weighted by Gasteiger charge is 2.16. The Balaban J connectivity index is 2.37. The molecule has 0 radical (unpaired) electrons. The fourth-order valence-corrected chi connectivity index (χ4v) is 3.11. The van der Waals surface area contributed by atoms with Crippen molar-refractivity contribution in [2.45, 2.75) is 5.38 Å². The van der Waals surface area contributed by atoms with E-state index in [1.54, 1.807) is 12.1 Å². The standard InChI is InChI=1S/C11H6Cl3FS/c12-8-5-6(15)1-2-7(8)11(14)9-3-4-10(13)16-9/h1-5,11H. The Hall–Kier alpha value is -0.280. The second-order valence-corrected chi connectivity index (χ2v) is 5.76. The van der Waals surface area contributed by atoms with E-state index in [9.17, 15) is 4.39 Å². The summed E-state index contributed by atoms with van der Waals surface area (Å²) in [5.41, 5.74) is 0.684. The molecule has 0 aliphatic rings. The lowest BCUT2D eigenvalue weighted by atomic mass is 10.1. The van der Waals surface area contributed by atoms with Crippen molar-refractivity contribution in [2.24, 2.45) is 0 Å². The van der Waals surface area contributed by atoms with Gasteiger partial charge in [0.25, 0.3) is 0 Å².